The summed E-state index contributed by atoms with van der Waals surface area (Å²) in [7, 11) is 1.61. The minimum absolute atomic E-state index is 0.148. The Hall–Kier alpha value is -4.52. The number of carbonyl (C=O) groups is 1. The molecule has 6 rings (SSSR count). The van der Waals surface area contributed by atoms with Gasteiger partial charge in [0.05, 0.1) is 19.6 Å². The van der Waals surface area contributed by atoms with E-state index in [0.29, 0.717) is 37.2 Å². The van der Waals surface area contributed by atoms with Crippen LogP contribution in [0.25, 0.3) is 11.1 Å². The van der Waals surface area contributed by atoms with E-state index in [1.54, 1.807) is 20.2 Å². The Bertz CT molecular complexity index is 1610. The molecule has 0 bridgehead atoms. The number of hydrogen-bond donors (Lipinski definition) is 1. The van der Waals surface area contributed by atoms with Crippen molar-refractivity contribution in [2.24, 2.45) is 5.92 Å². The van der Waals surface area contributed by atoms with Crippen LogP contribution in [-0.2, 0) is 30.8 Å². The topological polar surface area (TPSA) is 87.1 Å². The second-order valence-corrected chi connectivity index (χ2v) is 10.8. The van der Waals surface area contributed by atoms with Crippen molar-refractivity contribution in [2.75, 3.05) is 13.7 Å². The monoisotopic (exact) mass is 551 g/mol. The summed E-state index contributed by atoms with van der Waals surface area (Å²) in [6.07, 6.45) is 3.77. The number of hydrogen-bond acceptors (Lipinski definition) is 6. The molecule has 4 aromatic rings. The van der Waals surface area contributed by atoms with Crippen molar-refractivity contribution >= 4 is 5.97 Å². The van der Waals surface area contributed by atoms with Gasteiger partial charge in [-0.3, -0.25) is 4.79 Å². The number of rotatable bonds is 10. The third-order valence-corrected chi connectivity index (χ3v) is 8.15. The Morgan fingerprint density at radius 3 is 2.61 bits per heavy atom. The van der Waals surface area contributed by atoms with Gasteiger partial charge in [0.15, 0.2) is 0 Å². The number of carboxylic acid groups (broad SMARTS) is 1. The molecule has 2 unspecified atom stereocenters. The second-order valence-electron chi connectivity index (χ2n) is 10.8. The SMILES string of the molecule is COc1cc(COc2cc(C)c(-c3cccc(COc4ccc5c(c4)OCC5C(C)C(=O)O)c3)c3c2CC3)ccn1. The molecule has 1 aliphatic heterocycles. The van der Waals surface area contributed by atoms with Crippen LogP contribution in [0.1, 0.15) is 46.2 Å². The van der Waals surface area contributed by atoms with Crippen molar-refractivity contribution < 1.29 is 28.8 Å². The zero-order chi connectivity index (χ0) is 28.5. The fraction of sp³-hybridized carbons (Fsp3) is 0.294. The van der Waals surface area contributed by atoms with Gasteiger partial charge >= 0.3 is 5.97 Å². The molecule has 0 amide bonds. The van der Waals surface area contributed by atoms with Crippen molar-refractivity contribution in [3.8, 4) is 34.3 Å². The van der Waals surface area contributed by atoms with Crippen LogP contribution in [0.5, 0.6) is 23.1 Å². The van der Waals surface area contributed by atoms with Gasteiger partial charge in [0.1, 0.15) is 30.5 Å². The van der Waals surface area contributed by atoms with Crippen LogP contribution in [0, 0.1) is 12.8 Å². The van der Waals surface area contributed by atoms with Gasteiger partial charge in [-0.1, -0.05) is 31.2 Å². The Morgan fingerprint density at radius 1 is 1.02 bits per heavy atom. The van der Waals surface area contributed by atoms with E-state index in [1.807, 2.05) is 30.3 Å². The first-order chi connectivity index (χ1) is 19.9. The predicted octanol–water partition coefficient (Wildman–Crippen LogP) is 6.52. The predicted molar refractivity (Wildman–Crippen MR) is 155 cm³/mol. The highest BCUT2D eigenvalue weighted by molar-refractivity contribution is 5.76. The van der Waals surface area contributed by atoms with Gasteiger partial charge < -0.3 is 24.1 Å². The quantitative estimate of drug-likeness (QED) is 0.240. The van der Waals surface area contributed by atoms with E-state index in [0.717, 1.165) is 35.3 Å². The molecule has 0 saturated carbocycles. The number of carboxylic acids is 1. The van der Waals surface area contributed by atoms with Crippen LogP contribution >= 0.6 is 0 Å². The van der Waals surface area contributed by atoms with E-state index in [1.165, 1.54) is 27.8 Å². The van der Waals surface area contributed by atoms with Gasteiger partial charge in [0, 0.05) is 29.8 Å². The maximum absolute atomic E-state index is 11.4. The van der Waals surface area contributed by atoms with Crippen molar-refractivity contribution in [2.45, 2.75) is 45.8 Å². The van der Waals surface area contributed by atoms with Crippen molar-refractivity contribution in [1.82, 2.24) is 4.98 Å². The van der Waals surface area contributed by atoms with E-state index in [9.17, 15) is 9.90 Å². The molecule has 1 aromatic heterocycles. The molecule has 7 nitrogen and oxygen atoms in total. The summed E-state index contributed by atoms with van der Waals surface area (Å²) in [6.45, 7) is 5.12. The molecular weight excluding hydrogens is 518 g/mol. The normalized spacial score (nSPS) is 15.6. The van der Waals surface area contributed by atoms with E-state index in [2.05, 4.69) is 42.2 Å². The van der Waals surface area contributed by atoms with E-state index < -0.39 is 11.9 Å². The molecule has 1 N–H and O–H groups in total. The summed E-state index contributed by atoms with van der Waals surface area (Å²) in [5, 5.41) is 9.40. The summed E-state index contributed by atoms with van der Waals surface area (Å²) in [6, 6.07) is 20.2. The number of nitrogens with zero attached hydrogens (tertiary/aromatic N) is 1. The molecular formula is C34H33NO6. The van der Waals surface area contributed by atoms with Crippen LogP contribution < -0.4 is 18.9 Å². The standard InChI is InChI=1S/C34H33NO6/c1-20-13-30(40-18-23-11-12-35-32(15-23)38-3)26-9-10-28(26)33(20)24-6-4-5-22(14-24)17-39-25-7-8-27-29(21(2)34(36)37)19-41-31(27)16-25/h4-8,11-16,21,29H,9-10,17-19H2,1-3H3,(H,36,37). The highest BCUT2D eigenvalue weighted by atomic mass is 16.5. The Kier molecular flexibility index (Phi) is 7.26. The molecule has 210 valence electrons. The van der Waals surface area contributed by atoms with Gasteiger partial charge in [-0.05, 0) is 83.0 Å². The number of fused-ring (bicyclic) bond motifs is 2. The molecule has 2 atom stereocenters. The first-order valence-corrected chi connectivity index (χ1v) is 13.9. The minimum atomic E-state index is -0.815. The Morgan fingerprint density at radius 2 is 1.83 bits per heavy atom. The third-order valence-electron chi connectivity index (χ3n) is 8.15. The zero-order valence-corrected chi connectivity index (χ0v) is 23.5. The minimum Gasteiger partial charge on any atom is -0.492 e. The number of aromatic nitrogens is 1. The average molecular weight is 552 g/mol. The fourth-order valence-electron chi connectivity index (χ4n) is 5.73. The molecule has 7 heteroatoms. The molecule has 2 heterocycles. The Balaban J connectivity index is 1.16. The maximum atomic E-state index is 11.4. The smallest absolute Gasteiger partial charge is 0.306 e. The zero-order valence-electron chi connectivity index (χ0n) is 23.5. The summed E-state index contributed by atoms with van der Waals surface area (Å²) >= 11 is 0. The van der Waals surface area contributed by atoms with Gasteiger partial charge in [-0.2, -0.15) is 0 Å². The third kappa shape index (κ3) is 5.32. The lowest BCUT2D eigenvalue weighted by molar-refractivity contribution is -0.142. The van der Waals surface area contributed by atoms with Crippen LogP contribution in [0.2, 0.25) is 0 Å². The van der Waals surface area contributed by atoms with Gasteiger partial charge in [-0.15, -0.1) is 0 Å². The van der Waals surface area contributed by atoms with Crippen molar-refractivity contribution in [1.29, 1.82) is 0 Å². The van der Waals surface area contributed by atoms with Gasteiger partial charge in [0.2, 0.25) is 5.88 Å². The average Bonchev–Trinajstić information content (AvgIpc) is 3.39. The molecule has 2 aliphatic rings. The summed E-state index contributed by atoms with van der Waals surface area (Å²) in [5.74, 6) is 1.47. The maximum Gasteiger partial charge on any atom is 0.306 e. The summed E-state index contributed by atoms with van der Waals surface area (Å²) < 4.78 is 23.4. The highest BCUT2D eigenvalue weighted by Crippen LogP contribution is 2.43. The molecule has 41 heavy (non-hydrogen) atoms. The van der Waals surface area contributed by atoms with E-state index >= 15 is 0 Å². The number of methoxy groups -OCH3 is 1. The van der Waals surface area contributed by atoms with Crippen LogP contribution in [-0.4, -0.2) is 29.8 Å². The van der Waals surface area contributed by atoms with Crippen LogP contribution in [0.3, 0.4) is 0 Å². The highest BCUT2D eigenvalue weighted by Gasteiger charge is 2.33. The number of benzene rings is 3. The lowest BCUT2D eigenvalue weighted by atomic mass is 9.79. The molecule has 1 aliphatic carbocycles. The molecule has 0 fully saturated rings. The van der Waals surface area contributed by atoms with Crippen LogP contribution in [0.4, 0.5) is 0 Å². The van der Waals surface area contributed by atoms with Gasteiger partial charge in [0.25, 0.3) is 0 Å². The van der Waals surface area contributed by atoms with E-state index in [-0.39, 0.29) is 5.92 Å². The lowest BCUT2D eigenvalue weighted by Gasteiger charge is -2.28. The number of ether oxygens (including phenoxy) is 4. The molecule has 0 radical (unpaired) electrons. The lowest BCUT2D eigenvalue weighted by Crippen LogP contribution is -2.19. The summed E-state index contributed by atoms with van der Waals surface area (Å²) in [4.78, 5) is 15.6. The van der Waals surface area contributed by atoms with Crippen molar-refractivity contribution in [3.63, 3.8) is 0 Å². The first-order valence-electron chi connectivity index (χ1n) is 13.9. The summed E-state index contributed by atoms with van der Waals surface area (Å²) in [5.41, 5.74) is 9.28. The number of aliphatic carboxylic acids is 1. The molecule has 0 saturated heterocycles. The van der Waals surface area contributed by atoms with Crippen molar-refractivity contribution in [3.05, 3.63) is 100 Å². The van der Waals surface area contributed by atoms with E-state index in [4.69, 9.17) is 18.9 Å². The van der Waals surface area contributed by atoms with Gasteiger partial charge in [-0.25, -0.2) is 4.98 Å². The fourth-order valence-corrected chi connectivity index (χ4v) is 5.73. The molecule has 0 spiro atoms. The first kappa shape index (κ1) is 26.7. The second kappa shape index (κ2) is 11.2. The molecule has 3 aromatic carbocycles. The van der Waals surface area contributed by atoms with Crippen LogP contribution in [0.15, 0.2) is 66.9 Å². The number of aryl methyl sites for hydroxylation is 1. The number of pyridine rings is 1. The largest absolute Gasteiger partial charge is 0.492 e. The Labute approximate surface area is 239 Å².